The molecule has 0 aliphatic carbocycles. The number of hydrogen-bond acceptors (Lipinski definition) is 5. The maximum atomic E-state index is 9.64. The van der Waals surface area contributed by atoms with E-state index in [9.17, 15) is 5.26 Å². The van der Waals surface area contributed by atoms with E-state index in [1.54, 1.807) is 12.1 Å². The molecule has 1 aliphatic heterocycles. The molecule has 0 fully saturated rings. The number of nitrogen functional groups attached to an aromatic ring is 1. The van der Waals surface area contributed by atoms with Crippen molar-refractivity contribution in [2.45, 2.75) is 25.7 Å². The van der Waals surface area contributed by atoms with Gasteiger partial charge in [-0.15, -0.1) is 0 Å². The largest absolute Gasteiger partial charge is 0.493 e. The number of anilines is 1. The fourth-order valence-electron chi connectivity index (χ4n) is 2.97. The van der Waals surface area contributed by atoms with Crippen molar-refractivity contribution in [3.05, 3.63) is 65.0 Å². The lowest BCUT2D eigenvalue weighted by Gasteiger charge is -2.27. The van der Waals surface area contributed by atoms with Gasteiger partial charge in [0.25, 0.3) is 0 Å². The van der Waals surface area contributed by atoms with Crippen LogP contribution in [0.3, 0.4) is 0 Å². The number of nitrogens with two attached hydrogens (primary N) is 2. The number of para-hydroxylation sites is 1. The summed E-state index contributed by atoms with van der Waals surface area (Å²) in [6.07, 6.45) is 2.02. The highest BCUT2D eigenvalue weighted by atomic mass is 16.5. The topological polar surface area (TPSA) is 94.3 Å². The Labute approximate surface area is 147 Å². The van der Waals surface area contributed by atoms with E-state index >= 15 is 0 Å². The number of fused-ring (bicyclic) bond motifs is 1. The molecule has 5 nitrogen and oxygen atoms in total. The van der Waals surface area contributed by atoms with Crippen molar-refractivity contribution in [1.82, 2.24) is 0 Å². The van der Waals surface area contributed by atoms with Crippen LogP contribution in [0, 0.1) is 11.3 Å². The molecular formula is C20H21N3O2. The van der Waals surface area contributed by atoms with Crippen LogP contribution in [0.4, 0.5) is 5.69 Å². The molecule has 25 heavy (non-hydrogen) atoms. The number of nitrogens with zero attached hydrogens (tertiary/aromatic N) is 1. The molecule has 0 unspecified atom stereocenters. The summed E-state index contributed by atoms with van der Waals surface area (Å²) in [5.41, 5.74) is 14.6. The van der Waals surface area contributed by atoms with E-state index in [4.69, 9.17) is 20.9 Å². The zero-order chi connectivity index (χ0) is 17.8. The highest BCUT2D eigenvalue weighted by Gasteiger charge is 2.32. The Balaban J connectivity index is 2.11. The van der Waals surface area contributed by atoms with E-state index in [0.717, 1.165) is 29.7 Å². The summed E-state index contributed by atoms with van der Waals surface area (Å²) in [5.74, 6) is 1.09. The SMILES string of the molecule is CCCCOc1ccccc1[C@H]1C(C#N)=C(N)Oc2cc(N)ccc21. The minimum absolute atomic E-state index is 0.106. The lowest BCUT2D eigenvalue weighted by molar-refractivity contribution is 0.305. The molecule has 4 N–H and O–H groups in total. The summed E-state index contributed by atoms with van der Waals surface area (Å²) in [5, 5.41) is 9.64. The van der Waals surface area contributed by atoms with Crippen molar-refractivity contribution < 1.29 is 9.47 Å². The van der Waals surface area contributed by atoms with Gasteiger partial charge >= 0.3 is 0 Å². The van der Waals surface area contributed by atoms with Crippen LogP contribution >= 0.6 is 0 Å². The smallest absolute Gasteiger partial charge is 0.205 e. The summed E-state index contributed by atoms with van der Waals surface area (Å²) in [6.45, 7) is 2.75. The Kier molecular flexibility index (Phi) is 4.80. The fourth-order valence-corrected chi connectivity index (χ4v) is 2.97. The Morgan fingerprint density at radius 1 is 1.16 bits per heavy atom. The molecule has 1 heterocycles. The summed E-state index contributed by atoms with van der Waals surface area (Å²) >= 11 is 0. The molecule has 2 aromatic carbocycles. The number of rotatable bonds is 5. The first-order chi connectivity index (χ1) is 12.2. The maximum absolute atomic E-state index is 9.64. The molecule has 0 bridgehead atoms. The molecular weight excluding hydrogens is 314 g/mol. The van der Waals surface area contributed by atoms with Gasteiger partial charge in [-0.3, -0.25) is 0 Å². The Morgan fingerprint density at radius 3 is 2.72 bits per heavy atom. The molecule has 128 valence electrons. The van der Waals surface area contributed by atoms with Crippen LogP contribution in [0.2, 0.25) is 0 Å². The third-order valence-electron chi connectivity index (χ3n) is 4.23. The molecule has 0 aromatic heterocycles. The van der Waals surface area contributed by atoms with E-state index in [1.807, 2.05) is 30.3 Å². The summed E-state index contributed by atoms with van der Waals surface area (Å²) in [4.78, 5) is 0. The minimum atomic E-state index is -0.341. The quantitative estimate of drug-likeness (QED) is 0.642. The van der Waals surface area contributed by atoms with Gasteiger partial charge in [0, 0.05) is 22.9 Å². The lowest BCUT2D eigenvalue weighted by Crippen LogP contribution is -2.21. The van der Waals surface area contributed by atoms with Crippen molar-refractivity contribution in [3.63, 3.8) is 0 Å². The van der Waals surface area contributed by atoms with Crippen molar-refractivity contribution in [3.8, 4) is 17.6 Å². The van der Waals surface area contributed by atoms with Gasteiger partial charge in [0.05, 0.1) is 12.5 Å². The zero-order valence-electron chi connectivity index (χ0n) is 14.2. The predicted octanol–water partition coefficient (Wildman–Crippen LogP) is 3.67. The summed E-state index contributed by atoms with van der Waals surface area (Å²) in [7, 11) is 0. The Morgan fingerprint density at radius 2 is 1.96 bits per heavy atom. The second-order valence-corrected chi connectivity index (χ2v) is 5.96. The van der Waals surface area contributed by atoms with Gasteiger partial charge in [-0.2, -0.15) is 5.26 Å². The lowest BCUT2D eigenvalue weighted by atomic mass is 9.83. The number of unbranched alkanes of at least 4 members (excludes halogenated alkanes) is 1. The van der Waals surface area contributed by atoms with Gasteiger partial charge in [0.1, 0.15) is 23.1 Å². The molecule has 1 aliphatic rings. The van der Waals surface area contributed by atoms with Gasteiger partial charge in [-0.05, 0) is 18.6 Å². The van der Waals surface area contributed by atoms with Gasteiger partial charge in [-0.1, -0.05) is 37.6 Å². The standard InChI is InChI=1S/C20H21N3O2/c1-2-3-10-24-17-7-5-4-6-14(17)19-15-9-8-13(22)11-18(15)25-20(23)16(19)12-21/h4-9,11,19H,2-3,10,22-23H2,1H3/t19-/m1/s1. The first kappa shape index (κ1) is 16.7. The molecule has 0 radical (unpaired) electrons. The fraction of sp³-hybridized carbons (Fsp3) is 0.250. The van der Waals surface area contributed by atoms with E-state index in [0.29, 0.717) is 23.6 Å². The third-order valence-corrected chi connectivity index (χ3v) is 4.23. The molecule has 0 saturated carbocycles. The van der Waals surface area contributed by atoms with Gasteiger partial charge in [-0.25, -0.2) is 0 Å². The molecule has 3 rings (SSSR count). The van der Waals surface area contributed by atoms with E-state index in [-0.39, 0.29) is 11.8 Å². The van der Waals surface area contributed by atoms with E-state index in [2.05, 4.69) is 13.0 Å². The van der Waals surface area contributed by atoms with Crippen LogP contribution in [0.5, 0.6) is 11.5 Å². The molecule has 1 atom stereocenters. The van der Waals surface area contributed by atoms with Crippen LogP contribution in [0.25, 0.3) is 0 Å². The molecule has 5 heteroatoms. The van der Waals surface area contributed by atoms with Crippen LogP contribution in [0.1, 0.15) is 36.8 Å². The van der Waals surface area contributed by atoms with Crippen LogP contribution in [-0.2, 0) is 0 Å². The molecule has 0 amide bonds. The van der Waals surface area contributed by atoms with Crippen LogP contribution in [-0.4, -0.2) is 6.61 Å². The Bertz CT molecular complexity index is 852. The van der Waals surface area contributed by atoms with Crippen molar-refractivity contribution in [2.24, 2.45) is 5.73 Å². The number of ether oxygens (including phenoxy) is 2. The average Bonchev–Trinajstić information content (AvgIpc) is 2.61. The van der Waals surface area contributed by atoms with Crippen LogP contribution in [0.15, 0.2) is 53.9 Å². The van der Waals surface area contributed by atoms with Gasteiger partial charge in [0.2, 0.25) is 5.88 Å². The van der Waals surface area contributed by atoms with Crippen molar-refractivity contribution in [1.29, 1.82) is 5.26 Å². The normalized spacial score (nSPS) is 15.9. The molecule has 0 spiro atoms. The van der Waals surface area contributed by atoms with Gasteiger partial charge in [0.15, 0.2) is 0 Å². The molecule has 0 saturated heterocycles. The number of hydrogen-bond donors (Lipinski definition) is 2. The van der Waals surface area contributed by atoms with E-state index in [1.165, 1.54) is 0 Å². The van der Waals surface area contributed by atoms with Gasteiger partial charge < -0.3 is 20.9 Å². The highest BCUT2D eigenvalue weighted by Crippen LogP contribution is 2.45. The number of benzene rings is 2. The minimum Gasteiger partial charge on any atom is -0.493 e. The summed E-state index contributed by atoms with van der Waals surface area (Å²) in [6, 6.07) is 15.3. The monoisotopic (exact) mass is 335 g/mol. The maximum Gasteiger partial charge on any atom is 0.205 e. The third kappa shape index (κ3) is 3.24. The first-order valence-corrected chi connectivity index (χ1v) is 8.34. The van der Waals surface area contributed by atoms with Crippen molar-refractivity contribution >= 4 is 5.69 Å². The van der Waals surface area contributed by atoms with Crippen molar-refractivity contribution in [2.75, 3.05) is 12.3 Å². The predicted molar refractivity (Wildman–Crippen MR) is 97.0 cm³/mol. The summed E-state index contributed by atoms with van der Waals surface area (Å²) < 4.78 is 11.6. The highest BCUT2D eigenvalue weighted by molar-refractivity contribution is 5.61. The average molecular weight is 335 g/mol. The molecule has 2 aromatic rings. The van der Waals surface area contributed by atoms with E-state index < -0.39 is 0 Å². The second-order valence-electron chi connectivity index (χ2n) is 5.96. The Hall–Kier alpha value is -3.13. The van der Waals surface area contributed by atoms with Crippen LogP contribution < -0.4 is 20.9 Å². The second kappa shape index (κ2) is 7.18. The number of nitriles is 1. The number of allylic oxidation sites excluding steroid dienone is 1. The first-order valence-electron chi connectivity index (χ1n) is 8.34. The zero-order valence-corrected chi connectivity index (χ0v) is 14.2.